The summed E-state index contributed by atoms with van der Waals surface area (Å²) in [4.78, 5) is 21.1. The van der Waals surface area contributed by atoms with Gasteiger partial charge in [0.2, 0.25) is 4.84 Å². The Labute approximate surface area is 97.4 Å². The monoisotopic (exact) mass is 246 g/mol. The van der Waals surface area contributed by atoms with Crippen molar-refractivity contribution >= 4 is 35.0 Å². The van der Waals surface area contributed by atoms with E-state index in [0.717, 1.165) is 0 Å². The zero-order valence-electron chi connectivity index (χ0n) is 7.70. The fourth-order valence-electron chi connectivity index (χ4n) is 1.23. The average Bonchev–Trinajstić information content (AvgIpc) is 2.47. The Morgan fingerprint density at radius 1 is 1.73 bits per heavy atom. The number of ether oxygens (including phenoxy) is 1. The van der Waals surface area contributed by atoms with Crippen LogP contribution < -0.4 is 0 Å². The first-order valence-corrected chi connectivity index (χ1v) is 5.08. The molecule has 5 heteroatoms. The van der Waals surface area contributed by atoms with Crippen LogP contribution in [0.3, 0.4) is 0 Å². The van der Waals surface area contributed by atoms with Crippen molar-refractivity contribution in [3.8, 4) is 12.3 Å². The third kappa shape index (κ3) is 3.26. The first-order valence-electron chi connectivity index (χ1n) is 4.20. The SMILES string of the molecule is C#CCC1=CC(OC(=O)C(Cl)Cl)CC1=O. The summed E-state index contributed by atoms with van der Waals surface area (Å²) in [6.07, 6.45) is 6.38. The predicted octanol–water partition coefficient (Wildman–Crippen LogP) is 1.62. The zero-order valence-corrected chi connectivity index (χ0v) is 9.22. The molecule has 0 bridgehead atoms. The molecular weight excluding hydrogens is 239 g/mol. The highest BCUT2D eigenvalue weighted by Gasteiger charge is 2.27. The van der Waals surface area contributed by atoms with Crippen molar-refractivity contribution in [2.24, 2.45) is 0 Å². The maximum absolute atomic E-state index is 11.3. The van der Waals surface area contributed by atoms with Gasteiger partial charge in [-0.05, 0) is 6.08 Å². The normalized spacial score (nSPS) is 20.0. The number of alkyl halides is 2. The number of allylic oxidation sites excluding steroid dienone is 1. The number of esters is 1. The van der Waals surface area contributed by atoms with Crippen molar-refractivity contribution in [3.05, 3.63) is 11.6 Å². The van der Waals surface area contributed by atoms with E-state index in [1.165, 1.54) is 6.08 Å². The summed E-state index contributed by atoms with van der Waals surface area (Å²) in [7, 11) is 0. The highest BCUT2D eigenvalue weighted by Crippen LogP contribution is 2.21. The summed E-state index contributed by atoms with van der Waals surface area (Å²) in [5.41, 5.74) is 0.496. The van der Waals surface area contributed by atoms with Crippen LogP contribution >= 0.6 is 23.2 Å². The number of Topliss-reactive ketones (excluding diaryl/α,β-unsaturated/α-hetero) is 1. The predicted molar refractivity (Wildman–Crippen MR) is 56.5 cm³/mol. The molecule has 0 aromatic carbocycles. The van der Waals surface area contributed by atoms with Gasteiger partial charge in [-0.25, -0.2) is 4.79 Å². The Bertz CT molecular complexity index is 352. The number of terminal acetylenes is 1. The molecule has 3 nitrogen and oxygen atoms in total. The summed E-state index contributed by atoms with van der Waals surface area (Å²) in [5, 5.41) is 0. The van der Waals surface area contributed by atoms with Crippen LogP contribution in [0.15, 0.2) is 11.6 Å². The van der Waals surface area contributed by atoms with Crippen molar-refractivity contribution < 1.29 is 14.3 Å². The van der Waals surface area contributed by atoms with E-state index < -0.39 is 16.9 Å². The molecule has 0 aromatic heterocycles. The fraction of sp³-hybridized carbons (Fsp3) is 0.400. The Morgan fingerprint density at radius 2 is 2.40 bits per heavy atom. The van der Waals surface area contributed by atoms with Gasteiger partial charge in [-0.15, -0.1) is 12.3 Å². The number of carbonyl (C=O) groups excluding carboxylic acids is 2. The first kappa shape index (κ1) is 12.1. The molecule has 0 aromatic rings. The Kier molecular flexibility index (Phi) is 4.19. The lowest BCUT2D eigenvalue weighted by Crippen LogP contribution is -2.19. The number of hydrogen-bond donors (Lipinski definition) is 0. The number of carbonyl (C=O) groups is 2. The van der Waals surface area contributed by atoms with Crippen LogP contribution in [0.4, 0.5) is 0 Å². The molecule has 15 heavy (non-hydrogen) atoms. The second-order valence-electron chi connectivity index (χ2n) is 2.98. The molecule has 1 aliphatic carbocycles. The highest BCUT2D eigenvalue weighted by atomic mass is 35.5. The van der Waals surface area contributed by atoms with Crippen LogP contribution in [0, 0.1) is 12.3 Å². The van der Waals surface area contributed by atoms with E-state index in [9.17, 15) is 9.59 Å². The molecular formula is C10H8Cl2O3. The van der Waals surface area contributed by atoms with Crippen LogP contribution in [0.1, 0.15) is 12.8 Å². The lowest BCUT2D eigenvalue weighted by atomic mass is 10.1. The molecule has 0 radical (unpaired) electrons. The Hall–Kier alpha value is -0.980. The highest BCUT2D eigenvalue weighted by molar-refractivity contribution is 6.52. The van der Waals surface area contributed by atoms with E-state index in [2.05, 4.69) is 5.92 Å². The minimum atomic E-state index is -1.23. The summed E-state index contributed by atoms with van der Waals surface area (Å²) < 4.78 is 4.85. The molecule has 1 atom stereocenters. The van der Waals surface area contributed by atoms with Gasteiger partial charge in [0.1, 0.15) is 6.10 Å². The van der Waals surface area contributed by atoms with Crippen LogP contribution in [0.25, 0.3) is 0 Å². The first-order chi connectivity index (χ1) is 7.04. The van der Waals surface area contributed by atoms with E-state index in [0.29, 0.717) is 5.57 Å². The Balaban J connectivity index is 2.58. The molecule has 1 rings (SSSR count). The number of hydrogen-bond acceptors (Lipinski definition) is 3. The van der Waals surface area contributed by atoms with Gasteiger partial charge < -0.3 is 4.74 Å². The number of rotatable bonds is 3. The summed E-state index contributed by atoms with van der Waals surface area (Å²) >= 11 is 10.6. The van der Waals surface area contributed by atoms with Gasteiger partial charge >= 0.3 is 5.97 Å². The third-order valence-corrected chi connectivity index (χ3v) is 2.23. The fourth-order valence-corrected chi connectivity index (χ4v) is 1.34. The smallest absolute Gasteiger partial charge is 0.340 e. The second-order valence-corrected chi connectivity index (χ2v) is 4.07. The third-order valence-electron chi connectivity index (χ3n) is 1.87. The maximum atomic E-state index is 11.3. The van der Waals surface area contributed by atoms with E-state index in [4.69, 9.17) is 34.4 Å². The number of halogens is 2. The summed E-state index contributed by atoms with van der Waals surface area (Å²) in [6.45, 7) is 0. The van der Waals surface area contributed by atoms with E-state index in [1.807, 2.05) is 0 Å². The van der Waals surface area contributed by atoms with Crippen LogP contribution in [-0.4, -0.2) is 22.7 Å². The second kappa shape index (κ2) is 5.20. The molecule has 0 fully saturated rings. The molecule has 0 amide bonds. The van der Waals surface area contributed by atoms with Gasteiger partial charge in [-0.3, -0.25) is 4.79 Å². The molecule has 0 aliphatic heterocycles. The van der Waals surface area contributed by atoms with Crippen molar-refractivity contribution in [2.75, 3.05) is 0 Å². The molecule has 0 saturated carbocycles. The largest absolute Gasteiger partial charge is 0.456 e. The van der Waals surface area contributed by atoms with Gasteiger partial charge in [0, 0.05) is 12.0 Å². The van der Waals surface area contributed by atoms with Gasteiger partial charge in [-0.2, -0.15) is 0 Å². The van der Waals surface area contributed by atoms with Gasteiger partial charge in [0.05, 0.1) is 6.42 Å². The molecule has 1 aliphatic rings. The minimum absolute atomic E-state index is 0.105. The molecule has 0 N–H and O–H groups in total. The molecule has 80 valence electrons. The molecule has 0 spiro atoms. The van der Waals surface area contributed by atoms with Crippen molar-refractivity contribution in [2.45, 2.75) is 23.8 Å². The topological polar surface area (TPSA) is 43.4 Å². The van der Waals surface area contributed by atoms with Crippen molar-refractivity contribution in [1.82, 2.24) is 0 Å². The molecule has 0 saturated heterocycles. The van der Waals surface area contributed by atoms with Crippen molar-refractivity contribution in [1.29, 1.82) is 0 Å². The van der Waals surface area contributed by atoms with Gasteiger partial charge in [0.25, 0.3) is 0 Å². The Morgan fingerprint density at radius 3 is 2.93 bits per heavy atom. The van der Waals surface area contributed by atoms with Gasteiger partial charge in [0.15, 0.2) is 5.78 Å². The van der Waals surface area contributed by atoms with Crippen LogP contribution in [0.5, 0.6) is 0 Å². The van der Waals surface area contributed by atoms with E-state index in [-0.39, 0.29) is 18.6 Å². The number of ketones is 1. The minimum Gasteiger partial charge on any atom is -0.456 e. The standard InChI is InChI=1S/C10H8Cl2O3/c1-2-3-6-4-7(5-8(6)13)15-10(14)9(11)12/h1,4,7,9H,3,5H2. The van der Waals surface area contributed by atoms with E-state index in [1.54, 1.807) is 0 Å². The lowest BCUT2D eigenvalue weighted by molar-refractivity contribution is -0.145. The lowest BCUT2D eigenvalue weighted by Gasteiger charge is -2.08. The summed E-state index contributed by atoms with van der Waals surface area (Å²) in [6, 6.07) is 0. The van der Waals surface area contributed by atoms with Crippen LogP contribution in [-0.2, 0) is 14.3 Å². The molecule has 0 heterocycles. The van der Waals surface area contributed by atoms with Crippen molar-refractivity contribution in [3.63, 3.8) is 0 Å². The van der Waals surface area contributed by atoms with Crippen LogP contribution in [0.2, 0.25) is 0 Å². The zero-order chi connectivity index (χ0) is 11.4. The quantitative estimate of drug-likeness (QED) is 0.432. The maximum Gasteiger partial charge on any atom is 0.340 e. The average molecular weight is 247 g/mol. The van der Waals surface area contributed by atoms with E-state index >= 15 is 0 Å². The molecule has 1 unspecified atom stereocenters. The summed E-state index contributed by atoms with van der Waals surface area (Å²) in [5.74, 6) is 1.49. The van der Waals surface area contributed by atoms with Gasteiger partial charge in [-0.1, -0.05) is 23.2 Å².